The zero-order valence-electron chi connectivity index (χ0n) is 16.4. The fourth-order valence-electron chi connectivity index (χ4n) is 3.54. The fourth-order valence-corrected chi connectivity index (χ4v) is 5.03. The number of carbonyl (C=O) groups excluding carboxylic acids is 1. The molecule has 7 nitrogen and oxygen atoms in total. The normalized spacial score (nSPS) is 15.3. The Labute approximate surface area is 174 Å². The van der Waals surface area contributed by atoms with E-state index in [0.29, 0.717) is 11.3 Å². The van der Waals surface area contributed by atoms with E-state index in [4.69, 9.17) is 0 Å². The molecule has 1 aliphatic rings. The molecule has 0 aliphatic carbocycles. The number of benzene rings is 2. The number of nitrogens with zero attached hydrogens (tertiary/aromatic N) is 4. The first-order valence-electron chi connectivity index (χ1n) is 9.53. The van der Waals surface area contributed by atoms with Crippen LogP contribution in [0.4, 0.5) is 4.39 Å². The fraction of sp³-hybridized carbons (Fsp3) is 0.238. The molecule has 0 bridgehead atoms. The Morgan fingerprint density at radius 3 is 2.27 bits per heavy atom. The maximum Gasteiger partial charge on any atom is 0.257 e. The monoisotopic (exact) mass is 428 g/mol. The molecule has 3 aromatic rings. The molecule has 0 saturated carbocycles. The van der Waals surface area contributed by atoms with Crippen LogP contribution in [0.2, 0.25) is 0 Å². The van der Waals surface area contributed by atoms with Gasteiger partial charge in [0.25, 0.3) is 5.91 Å². The number of hydrogen-bond acceptors (Lipinski definition) is 4. The Hall–Kier alpha value is -3.04. The second-order valence-electron chi connectivity index (χ2n) is 7.02. The molecule has 2 heterocycles. The lowest BCUT2D eigenvalue weighted by molar-refractivity contribution is 0.0697. The summed E-state index contributed by atoms with van der Waals surface area (Å²) in [5.41, 5.74) is 2.05. The van der Waals surface area contributed by atoms with Crippen molar-refractivity contribution >= 4 is 15.9 Å². The molecular formula is C21H21FN4O3S. The summed E-state index contributed by atoms with van der Waals surface area (Å²) in [6.45, 7) is 2.49. The molecule has 30 heavy (non-hydrogen) atoms. The number of hydrogen-bond donors (Lipinski definition) is 0. The van der Waals surface area contributed by atoms with Crippen molar-refractivity contribution in [1.29, 1.82) is 0 Å². The van der Waals surface area contributed by atoms with Crippen LogP contribution in [0.25, 0.3) is 5.69 Å². The van der Waals surface area contributed by atoms with Crippen LogP contribution in [0.5, 0.6) is 0 Å². The van der Waals surface area contributed by atoms with E-state index < -0.39 is 15.8 Å². The molecule has 0 unspecified atom stereocenters. The lowest BCUT2D eigenvalue weighted by Gasteiger charge is -2.34. The average molecular weight is 428 g/mol. The molecule has 0 radical (unpaired) electrons. The third-order valence-corrected chi connectivity index (χ3v) is 7.15. The first kappa shape index (κ1) is 20.2. The minimum Gasteiger partial charge on any atom is -0.336 e. The maximum absolute atomic E-state index is 14.0. The predicted octanol–water partition coefficient (Wildman–Crippen LogP) is 2.47. The quantitative estimate of drug-likeness (QED) is 0.640. The third-order valence-electron chi connectivity index (χ3n) is 5.22. The Balaban J connectivity index is 1.48. The van der Waals surface area contributed by atoms with E-state index in [-0.39, 0.29) is 37.0 Å². The van der Waals surface area contributed by atoms with Gasteiger partial charge >= 0.3 is 0 Å². The molecular weight excluding hydrogens is 407 g/mol. The Kier molecular flexibility index (Phi) is 5.40. The van der Waals surface area contributed by atoms with Crippen molar-refractivity contribution in [1.82, 2.24) is 19.0 Å². The number of para-hydroxylation sites is 1. The maximum atomic E-state index is 14.0. The van der Waals surface area contributed by atoms with Crippen molar-refractivity contribution in [3.8, 4) is 5.69 Å². The summed E-state index contributed by atoms with van der Waals surface area (Å²) in [5.74, 6) is -0.974. The lowest BCUT2D eigenvalue weighted by atomic mass is 10.2. The van der Waals surface area contributed by atoms with Crippen LogP contribution in [0.3, 0.4) is 0 Å². The van der Waals surface area contributed by atoms with Crippen molar-refractivity contribution in [2.45, 2.75) is 11.8 Å². The highest BCUT2D eigenvalue weighted by molar-refractivity contribution is 7.89. The van der Waals surface area contributed by atoms with E-state index in [9.17, 15) is 17.6 Å². The summed E-state index contributed by atoms with van der Waals surface area (Å²) >= 11 is 0. The third kappa shape index (κ3) is 3.61. The minimum atomic E-state index is -3.94. The SMILES string of the molecule is Cc1c(C(=O)N2CCN(S(=O)(=O)c3ccccc3F)CC2)cnn1-c1ccccc1. The second kappa shape index (κ2) is 8.00. The zero-order chi connectivity index (χ0) is 21.3. The van der Waals surface area contributed by atoms with Crippen molar-refractivity contribution in [2.24, 2.45) is 0 Å². The zero-order valence-corrected chi connectivity index (χ0v) is 17.2. The molecule has 0 N–H and O–H groups in total. The number of aromatic nitrogens is 2. The van der Waals surface area contributed by atoms with Crippen LogP contribution < -0.4 is 0 Å². The molecule has 2 aromatic carbocycles. The van der Waals surface area contributed by atoms with Crippen LogP contribution >= 0.6 is 0 Å². The smallest absolute Gasteiger partial charge is 0.257 e. The topological polar surface area (TPSA) is 75.5 Å². The Morgan fingerprint density at radius 2 is 1.60 bits per heavy atom. The van der Waals surface area contributed by atoms with Crippen molar-refractivity contribution in [3.05, 3.63) is 77.9 Å². The van der Waals surface area contributed by atoms with E-state index in [0.717, 1.165) is 11.8 Å². The first-order chi connectivity index (χ1) is 14.4. The molecule has 0 atom stereocenters. The number of rotatable bonds is 4. The van der Waals surface area contributed by atoms with Crippen LogP contribution in [0.1, 0.15) is 16.1 Å². The number of halogens is 1. The van der Waals surface area contributed by atoms with Crippen LogP contribution in [0.15, 0.2) is 65.7 Å². The highest BCUT2D eigenvalue weighted by Gasteiger charge is 2.32. The van der Waals surface area contributed by atoms with Crippen LogP contribution in [-0.2, 0) is 10.0 Å². The van der Waals surface area contributed by atoms with Gasteiger partial charge in [0, 0.05) is 26.2 Å². The van der Waals surface area contributed by atoms with Crippen LogP contribution in [0, 0.1) is 12.7 Å². The summed E-state index contributed by atoms with van der Waals surface area (Å²) in [5, 5.41) is 4.33. The Morgan fingerprint density at radius 1 is 0.967 bits per heavy atom. The lowest BCUT2D eigenvalue weighted by Crippen LogP contribution is -2.50. The molecule has 1 amide bonds. The highest BCUT2D eigenvalue weighted by Crippen LogP contribution is 2.22. The van der Waals surface area contributed by atoms with Crippen LogP contribution in [-0.4, -0.2) is 59.5 Å². The number of sulfonamides is 1. The van der Waals surface area contributed by atoms with Gasteiger partial charge in [-0.3, -0.25) is 4.79 Å². The van der Waals surface area contributed by atoms with Gasteiger partial charge in [0.1, 0.15) is 10.7 Å². The van der Waals surface area contributed by atoms with Crippen molar-refractivity contribution in [3.63, 3.8) is 0 Å². The van der Waals surface area contributed by atoms with Gasteiger partial charge in [0.05, 0.1) is 23.1 Å². The molecule has 156 valence electrons. The molecule has 1 saturated heterocycles. The molecule has 4 rings (SSSR count). The number of amides is 1. The number of carbonyl (C=O) groups is 1. The molecule has 1 fully saturated rings. The average Bonchev–Trinajstić information content (AvgIpc) is 3.15. The van der Waals surface area contributed by atoms with Gasteiger partial charge in [-0.2, -0.15) is 9.40 Å². The molecule has 9 heteroatoms. The van der Waals surface area contributed by atoms with E-state index in [1.165, 1.54) is 28.7 Å². The summed E-state index contributed by atoms with van der Waals surface area (Å²) < 4.78 is 42.4. The standard InChI is InChI=1S/C21H21FN4O3S/c1-16-18(15-23-26(16)17-7-3-2-4-8-17)21(27)24-11-13-25(14-12-24)30(28,29)20-10-6-5-9-19(20)22/h2-10,15H,11-14H2,1H3. The molecule has 1 aliphatic heterocycles. The second-order valence-corrected chi connectivity index (χ2v) is 8.92. The van der Waals surface area contributed by atoms with E-state index in [1.54, 1.807) is 9.58 Å². The summed E-state index contributed by atoms with van der Waals surface area (Å²) in [4.78, 5) is 14.3. The van der Waals surface area contributed by atoms with Gasteiger partial charge in [-0.25, -0.2) is 17.5 Å². The minimum absolute atomic E-state index is 0.105. The van der Waals surface area contributed by atoms with Gasteiger partial charge in [-0.05, 0) is 31.2 Å². The largest absolute Gasteiger partial charge is 0.336 e. The van der Waals surface area contributed by atoms with Gasteiger partial charge in [-0.15, -0.1) is 0 Å². The Bertz CT molecular complexity index is 1170. The summed E-state index contributed by atoms with van der Waals surface area (Å²) in [6, 6.07) is 14.8. The van der Waals surface area contributed by atoms with Crippen molar-refractivity contribution < 1.29 is 17.6 Å². The summed E-state index contributed by atoms with van der Waals surface area (Å²) in [7, 11) is -3.94. The summed E-state index contributed by atoms with van der Waals surface area (Å²) in [6.07, 6.45) is 1.53. The number of piperazine rings is 1. The van der Waals surface area contributed by atoms with Gasteiger partial charge in [-0.1, -0.05) is 30.3 Å². The van der Waals surface area contributed by atoms with Gasteiger partial charge in [0.15, 0.2) is 0 Å². The highest BCUT2D eigenvalue weighted by atomic mass is 32.2. The molecule has 1 aromatic heterocycles. The molecule has 0 spiro atoms. The van der Waals surface area contributed by atoms with E-state index >= 15 is 0 Å². The van der Waals surface area contributed by atoms with Gasteiger partial charge < -0.3 is 4.90 Å². The van der Waals surface area contributed by atoms with E-state index in [1.807, 2.05) is 37.3 Å². The van der Waals surface area contributed by atoms with Crippen molar-refractivity contribution in [2.75, 3.05) is 26.2 Å². The first-order valence-corrected chi connectivity index (χ1v) is 11.0. The van der Waals surface area contributed by atoms with E-state index in [2.05, 4.69) is 5.10 Å². The van der Waals surface area contributed by atoms with Gasteiger partial charge in [0.2, 0.25) is 10.0 Å². The predicted molar refractivity (Wildman–Crippen MR) is 109 cm³/mol.